The summed E-state index contributed by atoms with van der Waals surface area (Å²) in [7, 11) is 0. The monoisotopic (exact) mass is 448 g/mol. The summed E-state index contributed by atoms with van der Waals surface area (Å²) in [4.78, 5) is 51.0. The lowest BCUT2D eigenvalue weighted by molar-refractivity contribution is -0.121. The second-order valence-corrected chi connectivity index (χ2v) is 8.86. The maximum absolute atomic E-state index is 12.9. The van der Waals surface area contributed by atoms with Gasteiger partial charge in [-0.15, -0.1) is 0 Å². The van der Waals surface area contributed by atoms with Gasteiger partial charge in [-0.2, -0.15) is 0 Å². The van der Waals surface area contributed by atoms with Crippen LogP contribution >= 0.6 is 0 Å². The predicted octanol–water partition coefficient (Wildman–Crippen LogP) is 3.53. The van der Waals surface area contributed by atoms with E-state index in [1.165, 1.54) is 17.0 Å². The number of hydrogen-bond acceptors (Lipinski definition) is 6. The van der Waals surface area contributed by atoms with Crippen molar-refractivity contribution in [1.82, 2.24) is 5.32 Å². The summed E-state index contributed by atoms with van der Waals surface area (Å²) < 4.78 is 5.12. The summed E-state index contributed by atoms with van der Waals surface area (Å²) in [5.41, 5.74) is 1.13. The van der Waals surface area contributed by atoms with E-state index in [2.05, 4.69) is 12.2 Å². The number of Topliss-reactive ketones (excluding diaryl/α,β-unsaturated/α-hetero) is 1. The second kappa shape index (κ2) is 10.1. The van der Waals surface area contributed by atoms with Gasteiger partial charge in [-0.05, 0) is 55.9 Å². The maximum atomic E-state index is 12.9. The molecule has 2 fully saturated rings. The summed E-state index contributed by atoms with van der Waals surface area (Å²) in [6.07, 6.45) is 4.43. The number of carbonyl (C=O) groups excluding carboxylic acids is 4. The predicted molar refractivity (Wildman–Crippen MR) is 123 cm³/mol. The van der Waals surface area contributed by atoms with E-state index in [4.69, 9.17) is 4.74 Å². The van der Waals surface area contributed by atoms with Crippen LogP contribution in [0.3, 0.4) is 0 Å². The van der Waals surface area contributed by atoms with Crippen molar-refractivity contribution >= 4 is 29.3 Å². The Kier molecular flexibility index (Phi) is 6.99. The lowest BCUT2D eigenvalue weighted by Crippen LogP contribution is -2.45. The van der Waals surface area contributed by atoms with E-state index in [9.17, 15) is 19.2 Å². The maximum Gasteiger partial charge on any atom is 0.338 e. The van der Waals surface area contributed by atoms with Crippen molar-refractivity contribution in [3.8, 4) is 0 Å². The zero-order chi connectivity index (χ0) is 23.4. The van der Waals surface area contributed by atoms with E-state index < -0.39 is 12.0 Å². The van der Waals surface area contributed by atoms with Crippen molar-refractivity contribution in [2.45, 2.75) is 51.1 Å². The van der Waals surface area contributed by atoms with Gasteiger partial charge < -0.3 is 10.1 Å². The Hall–Kier alpha value is -3.32. The van der Waals surface area contributed by atoms with Crippen molar-refractivity contribution in [1.29, 1.82) is 0 Å². The summed E-state index contributed by atoms with van der Waals surface area (Å²) in [5, 5.41) is 3.37. The van der Waals surface area contributed by atoms with Crippen molar-refractivity contribution in [3.05, 3.63) is 65.7 Å². The smallest absolute Gasteiger partial charge is 0.338 e. The molecule has 172 valence electrons. The molecule has 0 spiro atoms. The van der Waals surface area contributed by atoms with Gasteiger partial charge in [-0.3, -0.25) is 14.4 Å². The SMILES string of the molecule is CC1CCC(NC2CC(=O)N(c3ccc(C(=O)OCC(=O)c4ccccc4)cc3)C2=O)CC1. The van der Waals surface area contributed by atoms with Gasteiger partial charge in [0.2, 0.25) is 5.91 Å². The molecule has 2 aliphatic rings. The van der Waals surface area contributed by atoms with Gasteiger partial charge in [0.15, 0.2) is 12.4 Å². The molecule has 0 bridgehead atoms. The molecule has 1 aliphatic heterocycles. The van der Waals surface area contributed by atoms with Crippen LogP contribution in [0.1, 0.15) is 59.7 Å². The van der Waals surface area contributed by atoms with Crippen molar-refractivity contribution < 1.29 is 23.9 Å². The number of imide groups is 1. The van der Waals surface area contributed by atoms with E-state index in [1.807, 2.05) is 0 Å². The first kappa shape index (κ1) is 22.9. The molecule has 1 heterocycles. The number of anilines is 1. The number of hydrogen-bond donors (Lipinski definition) is 1. The number of benzene rings is 2. The molecular weight excluding hydrogens is 420 g/mol. The fraction of sp³-hybridized carbons (Fsp3) is 0.385. The van der Waals surface area contributed by atoms with E-state index in [0.717, 1.165) is 25.7 Å². The third-order valence-electron chi connectivity index (χ3n) is 6.39. The van der Waals surface area contributed by atoms with E-state index in [0.29, 0.717) is 17.2 Å². The average Bonchev–Trinajstić information content (AvgIpc) is 3.12. The first-order valence-electron chi connectivity index (χ1n) is 11.4. The quantitative estimate of drug-likeness (QED) is 0.396. The summed E-state index contributed by atoms with van der Waals surface area (Å²) >= 11 is 0. The molecule has 1 unspecified atom stereocenters. The molecule has 1 N–H and O–H groups in total. The first-order chi connectivity index (χ1) is 15.9. The van der Waals surface area contributed by atoms with Gasteiger partial charge in [0.1, 0.15) is 0 Å². The number of rotatable bonds is 7. The first-order valence-corrected chi connectivity index (χ1v) is 11.4. The highest BCUT2D eigenvalue weighted by Crippen LogP contribution is 2.27. The van der Waals surface area contributed by atoms with Gasteiger partial charge in [-0.25, -0.2) is 9.69 Å². The van der Waals surface area contributed by atoms with Crippen molar-refractivity contribution in [2.75, 3.05) is 11.5 Å². The Balaban J connectivity index is 1.34. The lowest BCUT2D eigenvalue weighted by Gasteiger charge is -2.28. The van der Waals surface area contributed by atoms with Crippen LogP contribution in [0.4, 0.5) is 5.69 Å². The Bertz CT molecular complexity index is 1030. The minimum atomic E-state index is -0.643. The highest BCUT2D eigenvalue weighted by Gasteiger charge is 2.40. The van der Waals surface area contributed by atoms with Crippen LogP contribution in [-0.2, 0) is 14.3 Å². The zero-order valence-electron chi connectivity index (χ0n) is 18.7. The molecule has 4 rings (SSSR count). The number of nitrogens with zero attached hydrogens (tertiary/aromatic N) is 1. The molecule has 1 atom stereocenters. The fourth-order valence-corrected chi connectivity index (χ4v) is 4.41. The minimum absolute atomic E-state index is 0.135. The number of carbonyl (C=O) groups is 4. The number of esters is 1. The van der Waals surface area contributed by atoms with Crippen molar-refractivity contribution in [2.24, 2.45) is 5.92 Å². The van der Waals surface area contributed by atoms with Crippen LogP contribution in [0.2, 0.25) is 0 Å². The lowest BCUT2D eigenvalue weighted by atomic mass is 9.87. The van der Waals surface area contributed by atoms with Crippen LogP contribution in [0, 0.1) is 5.92 Å². The second-order valence-electron chi connectivity index (χ2n) is 8.86. The molecule has 7 heteroatoms. The van der Waals surface area contributed by atoms with Crippen LogP contribution in [-0.4, -0.2) is 42.3 Å². The van der Waals surface area contributed by atoms with Crippen LogP contribution in [0.15, 0.2) is 54.6 Å². The summed E-state index contributed by atoms with van der Waals surface area (Å²) in [6, 6.07) is 14.4. The third-order valence-corrected chi connectivity index (χ3v) is 6.39. The van der Waals surface area contributed by atoms with Crippen LogP contribution in [0.5, 0.6) is 0 Å². The third kappa shape index (κ3) is 5.37. The van der Waals surface area contributed by atoms with E-state index in [1.54, 1.807) is 42.5 Å². The molecule has 1 aliphatic carbocycles. The Morgan fingerprint density at radius 3 is 2.27 bits per heavy atom. The molecule has 1 saturated heterocycles. The standard InChI is InChI=1S/C26H28N2O5/c1-17-7-11-20(12-8-17)27-22-15-24(30)28(25(22)31)21-13-9-19(10-14-21)26(32)33-16-23(29)18-5-3-2-4-6-18/h2-6,9-10,13-14,17,20,22,27H,7-8,11-12,15-16H2,1H3. The number of amides is 2. The molecule has 2 aromatic rings. The Morgan fingerprint density at radius 1 is 0.939 bits per heavy atom. The summed E-state index contributed by atoms with van der Waals surface area (Å²) in [6.45, 7) is 1.88. The van der Waals surface area contributed by atoms with E-state index in [-0.39, 0.29) is 42.2 Å². The molecule has 1 saturated carbocycles. The van der Waals surface area contributed by atoms with Crippen LogP contribution < -0.4 is 10.2 Å². The Morgan fingerprint density at radius 2 is 1.61 bits per heavy atom. The van der Waals surface area contributed by atoms with Gasteiger partial charge in [0.25, 0.3) is 5.91 Å². The highest BCUT2D eigenvalue weighted by molar-refractivity contribution is 6.22. The fourth-order valence-electron chi connectivity index (χ4n) is 4.41. The number of ketones is 1. The highest BCUT2D eigenvalue weighted by atomic mass is 16.5. The van der Waals surface area contributed by atoms with Gasteiger partial charge in [0, 0.05) is 11.6 Å². The topological polar surface area (TPSA) is 92.8 Å². The van der Waals surface area contributed by atoms with Gasteiger partial charge in [-0.1, -0.05) is 37.3 Å². The zero-order valence-corrected chi connectivity index (χ0v) is 18.7. The molecular formula is C26H28N2O5. The largest absolute Gasteiger partial charge is 0.454 e. The molecule has 0 aromatic heterocycles. The van der Waals surface area contributed by atoms with Gasteiger partial charge >= 0.3 is 5.97 Å². The average molecular weight is 449 g/mol. The molecule has 0 radical (unpaired) electrons. The minimum Gasteiger partial charge on any atom is -0.454 e. The summed E-state index contributed by atoms with van der Waals surface area (Å²) in [5.74, 6) is -0.745. The molecule has 2 aromatic carbocycles. The molecule has 7 nitrogen and oxygen atoms in total. The van der Waals surface area contributed by atoms with E-state index >= 15 is 0 Å². The van der Waals surface area contributed by atoms with Gasteiger partial charge in [0.05, 0.1) is 23.7 Å². The molecule has 33 heavy (non-hydrogen) atoms. The number of nitrogens with one attached hydrogen (secondary N) is 1. The van der Waals surface area contributed by atoms with Crippen LogP contribution in [0.25, 0.3) is 0 Å². The Labute approximate surface area is 193 Å². The molecule has 2 amide bonds. The normalized spacial score (nSPS) is 22.9. The number of ether oxygens (including phenoxy) is 1. The van der Waals surface area contributed by atoms with Crippen molar-refractivity contribution in [3.63, 3.8) is 0 Å².